The SMILES string of the molecule is CCCCCCCCCCCCCCC(CCC)OP(=O)([O-])[O-].[Na+]. The van der Waals surface area contributed by atoms with Gasteiger partial charge in [-0.3, -0.25) is 0 Å². The molecule has 0 saturated heterocycles. The summed E-state index contributed by atoms with van der Waals surface area (Å²) in [7, 11) is -4.84. The Balaban J connectivity index is 0. The van der Waals surface area contributed by atoms with Gasteiger partial charge in [-0.2, -0.15) is 0 Å². The zero-order valence-corrected chi connectivity index (χ0v) is 19.2. The van der Waals surface area contributed by atoms with Crippen molar-refractivity contribution in [2.75, 3.05) is 0 Å². The first kappa shape index (κ1) is 27.3. The number of hydrogen-bond acceptors (Lipinski definition) is 4. The minimum absolute atomic E-state index is 0. The van der Waals surface area contributed by atoms with E-state index in [2.05, 4.69) is 11.4 Å². The van der Waals surface area contributed by atoms with Gasteiger partial charge in [0.15, 0.2) is 0 Å². The Hall–Kier alpha value is 1.11. The van der Waals surface area contributed by atoms with Crippen molar-refractivity contribution >= 4 is 7.82 Å². The van der Waals surface area contributed by atoms with Gasteiger partial charge in [-0.15, -0.1) is 0 Å². The summed E-state index contributed by atoms with van der Waals surface area (Å²) in [5.74, 6) is 0. The summed E-state index contributed by atoms with van der Waals surface area (Å²) in [4.78, 5) is 21.4. The molecule has 0 aromatic rings. The summed E-state index contributed by atoms with van der Waals surface area (Å²) < 4.78 is 15.3. The summed E-state index contributed by atoms with van der Waals surface area (Å²) in [6.07, 6.45) is 17.1. The molecule has 0 aromatic heterocycles. The maximum atomic E-state index is 10.7. The minimum atomic E-state index is -4.84. The van der Waals surface area contributed by atoms with E-state index in [0.29, 0.717) is 12.8 Å². The second kappa shape index (κ2) is 18.9. The molecule has 0 fully saturated rings. The van der Waals surface area contributed by atoms with Crippen molar-refractivity contribution < 1.29 is 48.4 Å². The zero-order chi connectivity index (χ0) is 17.4. The van der Waals surface area contributed by atoms with Gasteiger partial charge in [0.05, 0.1) is 13.9 Å². The van der Waals surface area contributed by atoms with Crippen molar-refractivity contribution in [2.45, 2.75) is 116 Å². The second-order valence-corrected chi connectivity index (χ2v) is 7.75. The number of rotatable bonds is 17. The smallest absolute Gasteiger partial charge is 0.790 e. The van der Waals surface area contributed by atoms with E-state index in [0.717, 1.165) is 19.3 Å². The maximum absolute atomic E-state index is 10.7. The van der Waals surface area contributed by atoms with Crippen LogP contribution in [0.5, 0.6) is 0 Å². The molecule has 140 valence electrons. The Morgan fingerprint density at radius 3 is 1.50 bits per heavy atom. The van der Waals surface area contributed by atoms with E-state index in [1.54, 1.807) is 0 Å². The largest absolute Gasteiger partial charge is 1.00 e. The summed E-state index contributed by atoms with van der Waals surface area (Å²) in [6, 6.07) is 0. The molecule has 0 aliphatic rings. The van der Waals surface area contributed by atoms with Gasteiger partial charge < -0.3 is 18.9 Å². The van der Waals surface area contributed by atoms with Crippen LogP contribution in [0.3, 0.4) is 0 Å². The Morgan fingerprint density at radius 1 is 0.708 bits per heavy atom. The third-order valence-electron chi connectivity index (χ3n) is 4.27. The van der Waals surface area contributed by atoms with E-state index in [9.17, 15) is 14.4 Å². The predicted octanol–water partition coefficient (Wildman–Crippen LogP) is 2.10. The molecule has 1 atom stereocenters. The number of phosphoric ester groups is 1. The van der Waals surface area contributed by atoms with Crippen LogP contribution in [0, 0.1) is 0 Å². The first-order valence-electron chi connectivity index (χ1n) is 9.70. The molecule has 24 heavy (non-hydrogen) atoms. The molecule has 0 N–H and O–H groups in total. The molecule has 0 amide bonds. The van der Waals surface area contributed by atoms with E-state index in [1.165, 1.54) is 64.2 Å². The van der Waals surface area contributed by atoms with Crippen molar-refractivity contribution in [3.05, 3.63) is 0 Å². The molecule has 4 nitrogen and oxygen atoms in total. The standard InChI is InChI=1S/C18H39O4P.Na/c1-3-5-6-7-8-9-10-11-12-13-14-15-17-18(16-4-2)22-23(19,20)21;/h18H,3-17H2,1-2H3,(H2,19,20,21);/q;+1/p-2. The van der Waals surface area contributed by atoms with Crippen molar-refractivity contribution in [1.82, 2.24) is 0 Å². The van der Waals surface area contributed by atoms with Crippen LogP contribution in [-0.2, 0) is 9.09 Å². The molecule has 0 aliphatic carbocycles. The topological polar surface area (TPSA) is 72.4 Å². The number of hydrogen-bond donors (Lipinski definition) is 0. The van der Waals surface area contributed by atoms with Crippen LogP contribution in [-0.4, -0.2) is 6.10 Å². The first-order valence-corrected chi connectivity index (χ1v) is 11.2. The van der Waals surface area contributed by atoms with Crippen LogP contribution in [0.1, 0.15) is 110 Å². The van der Waals surface area contributed by atoms with E-state index >= 15 is 0 Å². The molecule has 1 unspecified atom stereocenters. The van der Waals surface area contributed by atoms with Crippen molar-refractivity contribution in [3.8, 4) is 0 Å². The quantitative estimate of drug-likeness (QED) is 0.223. The van der Waals surface area contributed by atoms with Gasteiger partial charge >= 0.3 is 29.6 Å². The van der Waals surface area contributed by atoms with Crippen LogP contribution in [0.4, 0.5) is 0 Å². The molecule has 0 aliphatic heterocycles. The van der Waals surface area contributed by atoms with Crippen LogP contribution in [0.2, 0.25) is 0 Å². The minimum Gasteiger partial charge on any atom is -0.790 e. The fourth-order valence-electron chi connectivity index (χ4n) is 2.97. The average Bonchev–Trinajstić information content (AvgIpc) is 2.47. The van der Waals surface area contributed by atoms with Crippen LogP contribution >= 0.6 is 7.82 Å². The van der Waals surface area contributed by atoms with Gasteiger partial charge in [-0.1, -0.05) is 97.3 Å². The average molecular weight is 371 g/mol. The molecule has 6 heteroatoms. The molecule has 0 bridgehead atoms. The van der Waals surface area contributed by atoms with Gasteiger partial charge in [-0.25, -0.2) is 0 Å². The van der Waals surface area contributed by atoms with E-state index < -0.39 is 13.9 Å². The van der Waals surface area contributed by atoms with Crippen LogP contribution < -0.4 is 39.3 Å². The molecule has 0 rings (SSSR count). The second-order valence-electron chi connectivity index (χ2n) is 6.64. The maximum Gasteiger partial charge on any atom is 1.00 e. The van der Waals surface area contributed by atoms with E-state index in [-0.39, 0.29) is 29.6 Å². The van der Waals surface area contributed by atoms with Gasteiger partial charge in [-0.05, 0) is 12.8 Å². The first-order chi connectivity index (χ1) is 11.0. The molecule has 0 saturated carbocycles. The zero-order valence-electron chi connectivity index (χ0n) is 16.3. The molecule has 0 radical (unpaired) electrons. The Bertz CT molecular complexity index is 297. The Morgan fingerprint density at radius 2 is 1.12 bits per heavy atom. The van der Waals surface area contributed by atoms with Gasteiger partial charge in [0, 0.05) is 0 Å². The molecular formula is C18H37NaO4P-. The summed E-state index contributed by atoms with van der Waals surface area (Å²) in [6.45, 7) is 4.22. The fraction of sp³-hybridized carbons (Fsp3) is 1.00. The molecule has 0 aromatic carbocycles. The van der Waals surface area contributed by atoms with Crippen LogP contribution in [0.25, 0.3) is 0 Å². The van der Waals surface area contributed by atoms with E-state index in [4.69, 9.17) is 0 Å². The number of unbranched alkanes of at least 4 members (excludes halogenated alkanes) is 11. The summed E-state index contributed by atoms with van der Waals surface area (Å²) in [5.41, 5.74) is 0. The van der Waals surface area contributed by atoms with Gasteiger partial charge in [0.2, 0.25) is 0 Å². The van der Waals surface area contributed by atoms with Crippen molar-refractivity contribution in [2.24, 2.45) is 0 Å². The fourth-order valence-corrected chi connectivity index (χ4v) is 3.54. The third kappa shape index (κ3) is 21.2. The number of phosphoric acid groups is 1. The van der Waals surface area contributed by atoms with Gasteiger partial charge in [0.1, 0.15) is 0 Å². The molecule has 0 heterocycles. The van der Waals surface area contributed by atoms with E-state index in [1.807, 2.05) is 6.92 Å². The molecular weight excluding hydrogens is 334 g/mol. The van der Waals surface area contributed by atoms with Crippen molar-refractivity contribution in [3.63, 3.8) is 0 Å². The third-order valence-corrected chi connectivity index (χ3v) is 4.82. The van der Waals surface area contributed by atoms with Gasteiger partial charge in [0.25, 0.3) is 0 Å². The summed E-state index contributed by atoms with van der Waals surface area (Å²) in [5, 5.41) is 0. The Kier molecular flexibility index (Phi) is 21.5. The Labute approximate surface area is 172 Å². The predicted molar refractivity (Wildman–Crippen MR) is 93.1 cm³/mol. The van der Waals surface area contributed by atoms with Crippen molar-refractivity contribution in [1.29, 1.82) is 0 Å². The molecule has 0 spiro atoms. The monoisotopic (exact) mass is 371 g/mol. The normalized spacial score (nSPS) is 12.8. The van der Waals surface area contributed by atoms with Crippen LogP contribution in [0.15, 0.2) is 0 Å². The summed E-state index contributed by atoms with van der Waals surface area (Å²) >= 11 is 0.